The second-order valence-corrected chi connectivity index (χ2v) is 12.9. The molecule has 5 aromatic rings. The highest BCUT2D eigenvalue weighted by Gasteiger charge is 2.29. The molecule has 0 heterocycles. The number of fused-ring (bicyclic) bond motifs is 1. The van der Waals surface area contributed by atoms with Crippen LogP contribution in [-0.2, 0) is 17.4 Å². The van der Waals surface area contributed by atoms with E-state index < -0.39 is 5.54 Å². The lowest BCUT2D eigenvalue weighted by Gasteiger charge is -2.29. The van der Waals surface area contributed by atoms with Gasteiger partial charge in [-0.15, -0.1) is 0 Å². The highest BCUT2D eigenvalue weighted by atomic mass is 14.9. The SMILES string of the molecule is C=C1/C=C\C=C/Cc2ccc(-c3ccc(-c4cccc(/C(CC)=N/C(C)(c5ccccc5)c5ccccc5)c4)cc3)cc2C1(C)C. The van der Waals surface area contributed by atoms with Crippen molar-refractivity contribution in [1.82, 2.24) is 0 Å². The smallest absolute Gasteiger partial charge is 0.108 e. The Kier molecular flexibility index (Phi) is 8.86. The zero-order valence-electron chi connectivity index (χ0n) is 27.5. The van der Waals surface area contributed by atoms with E-state index in [-0.39, 0.29) is 5.41 Å². The van der Waals surface area contributed by atoms with Crippen LogP contribution in [0.1, 0.15) is 61.9 Å². The van der Waals surface area contributed by atoms with Crippen LogP contribution < -0.4 is 0 Å². The van der Waals surface area contributed by atoms with Gasteiger partial charge in [-0.25, -0.2) is 0 Å². The molecule has 0 radical (unpaired) electrons. The van der Waals surface area contributed by atoms with Crippen LogP contribution in [0, 0.1) is 0 Å². The monoisotopic (exact) mass is 597 g/mol. The van der Waals surface area contributed by atoms with Gasteiger partial charge in [0.2, 0.25) is 0 Å². The second-order valence-electron chi connectivity index (χ2n) is 12.9. The Bertz CT molecular complexity index is 1880. The van der Waals surface area contributed by atoms with Crippen molar-refractivity contribution in [3.05, 3.63) is 192 Å². The van der Waals surface area contributed by atoms with Gasteiger partial charge in [0.1, 0.15) is 5.54 Å². The first-order valence-electron chi connectivity index (χ1n) is 16.4. The van der Waals surface area contributed by atoms with E-state index in [0.29, 0.717) is 0 Å². The highest BCUT2D eigenvalue weighted by molar-refractivity contribution is 6.01. The molecule has 6 rings (SSSR count). The Hall–Kier alpha value is -5.01. The van der Waals surface area contributed by atoms with Gasteiger partial charge in [0.05, 0.1) is 0 Å². The minimum Gasteiger partial charge on any atom is -0.273 e. The molecule has 228 valence electrons. The summed E-state index contributed by atoms with van der Waals surface area (Å²) < 4.78 is 0. The van der Waals surface area contributed by atoms with Crippen LogP contribution in [0.15, 0.2) is 169 Å². The minimum atomic E-state index is -0.495. The lowest BCUT2D eigenvalue weighted by molar-refractivity contribution is 0.605. The van der Waals surface area contributed by atoms with Crippen LogP contribution in [-0.4, -0.2) is 5.71 Å². The molecule has 1 aliphatic carbocycles. The normalized spacial score (nSPS) is 16.1. The molecule has 1 nitrogen and oxygen atoms in total. The number of aliphatic imine (C=N–C) groups is 1. The van der Waals surface area contributed by atoms with Crippen LogP contribution in [0.3, 0.4) is 0 Å². The molecule has 1 aliphatic rings. The molecule has 0 amide bonds. The van der Waals surface area contributed by atoms with E-state index in [4.69, 9.17) is 4.99 Å². The molecule has 46 heavy (non-hydrogen) atoms. The molecule has 0 fully saturated rings. The van der Waals surface area contributed by atoms with Gasteiger partial charge >= 0.3 is 0 Å². The van der Waals surface area contributed by atoms with Crippen molar-refractivity contribution in [1.29, 1.82) is 0 Å². The summed E-state index contributed by atoms with van der Waals surface area (Å²) in [4.78, 5) is 5.50. The fourth-order valence-corrected chi connectivity index (χ4v) is 6.51. The van der Waals surface area contributed by atoms with Crippen molar-refractivity contribution in [2.24, 2.45) is 4.99 Å². The van der Waals surface area contributed by atoms with Crippen molar-refractivity contribution in [3.63, 3.8) is 0 Å². The average Bonchev–Trinajstić information content (AvgIpc) is 3.16. The van der Waals surface area contributed by atoms with Gasteiger partial charge in [-0.2, -0.15) is 0 Å². The topological polar surface area (TPSA) is 12.4 Å². The summed E-state index contributed by atoms with van der Waals surface area (Å²) >= 11 is 0. The molecular formula is C45H43N. The van der Waals surface area contributed by atoms with Gasteiger partial charge in [-0.3, -0.25) is 4.99 Å². The average molecular weight is 598 g/mol. The summed E-state index contributed by atoms with van der Waals surface area (Å²) in [5.74, 6) is 0. The number of allylic oxidation sites excluding steroid dienone is 5. The number of rotatable bonds is 7. The third-order valence-corrected chi connectivity index (χ3v) is 9.58. The van der Waals surface area contributed by atoms with Gasteiger partial charge in [-0.1, -0.05) is 167 Å². The van der Waals surface area contributed by atoms with Crippen LogP contribution in [0.2, 0.25) is 0 Å². The fraction of sp³-hybridized carbons (Fsp3) is 0.178. The molecule has 0 saturated heterocycles. The molecular weight excluding hydrogens is 555 g/mol. The maximum atomic E-state index is 5.50. The predicted octanol–water partition coefficient (Wildman–Crippen LogP) is 11.7. The first kappa shape index (κ1) is 31.0. The molecule has 0 N–H and O–H groups in total. The maximum absolute atomic E-state index is 5.50. The Morgan fingerprint density at radius 2 is 1.28 bits per heavy atom. The third-order valence-electron chi connectivity index (χ3n) is 9.58. The maximum Gasteiger partial charge on any atom is 0.108 e. The first-order valence-corrected chi connectivity index (χ1v) is 16.4. The lowest BCUT2D eigenvalue weighted by Crippen LogP contribution is -2.23. The van der Waals surface area contributed by atoms with Crippen molar-refractivity contribution in [2.75, 3.05) is 0 Å². The predicted molar refractivity (Wildman–Crippen MR) is 198 cm³/mol. The summed E-state index contributed by atoms with van der Waals surface area (Å²) in [5, 5.41) is 0. The molecule has 0 bridgehead atoms. The standard InChI is InChI=1S/C45H43N/c1-6-43(46-45(5,40-21-12-8-13-22-40)41-23-14-9-15-24-41)39-20-16-19-37(31-39)34-25-27-35(28-26-34)38-30-29-36-18-11-7-10-17-33(2)44(3,4)42(36)32-38/h7-17,19-32H,2,6,18H2,1,3-5H3/b11-7-,17-10-,46-43+. The number of hydrogen-bond acceptors (Lipinski definition) is 1. The van der Waals surface area contributed by atoms with Gasteiger partial charge in [0, 0.05) is 11.1 Å². The van der Waals surface area contributed by atoms with Gasteiger partial charge in [0.25, 0.3) is 0 Å². The summed E-state index contributed by atoms with van der Waals surface area (Å²) in [5.41, 5.74) is 12.6. The summed E-state index contributed by atoms with van der Waals surface area (Å²) in [6.45, 7) is 13.4. The molecule has 0 atom stereocenters. The second kappa shape index (κ2) is 13.2. The molecule has 0 aliphatic heterocycles. The minimum absolute atomic E-state index is 0.149. The van der Waals surface area contributed by atoms with E-state index in [1.54, 1.807) is 0 Å². The molecule has 5 aromatic carbocycles. The molecule has 0 unspecified atom stereocenters. The Balaban J connectivity index is 1.33. The Morgan fingerprint density at radius 1 is 0.696 bits per heavy atom. The van der Waals surface area contributed by atoms with Crippen LogP contribution in [0.25, 0.3) is 22.3 Å². The molecule has 0 aromatic heterocycles. The van der Waals surface area contributed by atoms with Crippen molar-refractivity contribution >= 4 is 5.71 Å². The van der Waals surface area contributed by atoms with E-state index in [1.165, 1.54) is 44.5 Å². The summed E-state index contributed by atoms with van der Waals surface area (Å²) in [7, 11) is 0. The van der Waals surface area contributed by atoms with Crippen LogP contribution in [0.5, 0.6) is 0 Å². The lowest BCUT2D eigenvalue weighted by atomic mass is 9.75. The van der Waals surface area contributed by atoms with Gasteiger partial charge in [-0.05, 0) is 87.5 Å². The number of benzene rings is 5. The van der Waals surface area contributed by atoms with Gasteiger partial charge in [0.15, 0.2) is 0 Å². The van der Waals surface area contributed by atoms with Crippen molar-refractivity contribution in [2.45, 2.75) is 51.5 Å². The third kappa shape index (κ3) is 6.24. The fourth-order valence-electron chi connectivity index (χ4n) is 6.51. The Labute approximate surface area is 275 Å². The van der Waals surface area contributed by atoms with Crippen molar-refractivity contribution < 1.29 is 0 Å². The van der Waals surface area contributed by atoms with Gasteiger partial charge < -0.3 is 0 Å². The van der Waals surface area contributed by atoms with E-state index in [1.807, 2.05) is 0 Å². The first-order chi connectivity index (χ1) is 22.3. The van der Waals surface area contributed by atoms with Crippen LogP contribution in [0.4, 0.5) is 0 Å². The van der Waals surface area contributed by atoms with Crippen LogP contribution >= 0.6 is 0 Å². The van der Waals surface area contributed by atoms with E-state index in [9.17, 15) is 0 Å². The quantitative estimate of drug-likeness (QED) is 0.166. The van der Waals surface area contributed by atoms with Crippen molar-refractivity contribution in [3.8, 4) is 22.3 Å². The van der Waals surface area contributed by atoms with E-state index in [2.05, 4.69) is 186 Å². The van der Waals surface area contributed by atoms with E-state index in [0.717, 1.165) is 29.7 Å². The molecule has 0 spiro atoms. The zero-order valence-corrected chi connectivity index (χ0v) is 27.5. The molecule has 1 heteroatoms. The molecule has 0 saturated carbocycles. The van der Waals surface area contributed by atoms with E-state index >= 15 is 0 Å². The summed E-state index contributed by atoms with van der Waals surface area (Å²) in [6, 6.07) is 46.0. The summed E-state index contributed by atoms with van der Waals surface area (Å²) in [6.07, 6.45) is 10.4. The largest absolute Gasteiger partial charge is 0.273 e. The number of nitrogens with zero attached hydrogens (tertiary/aromatic N) is 1. The highest BCUT2D eigenvalue weighted by Crippen LogP contribution is 2.38. The zero-order chi connectivity index (χ0) is 32.1. The number of hydrogen-bond donors (Lipinski definition) is 0. The Morgan fingerprint density at radius 3 is 1.89 bits per heavy atom.